The molecule has 0 aromatic heterocycles. The summed E-state index contributed by atoms with van der Waals surface area (Å²) in [6.45, 7) is 1.42. The highest BCUT2D eigenvalue weighted by Crippen LogP contribution is 2.35. The van der Waals surface area contributed by atoms with Crippen LogP contribution in [-0.2, 0) is 32.6 Å². The highest BCUT2D eigenvalue weighted by atomic mass is 35.5. The Morgan fingerprint density at radius 2 is 1.40 bits per heavy atom. The number of nitrogens with zero attached hydrogens (tertiary/aromatic N) is 2. The molecule has 0 bridgehead atoms. The van der Waals surface area contributed by atoms with Crippen molar-refractivity contribution in [3.63, 3.8) is 0 Å². The van der Waals surface area contributed by atoms with E-state index in [0.717, 1.165) is 9.87 Å². The molecule has 0 radical (unpaired) electrons. The Morgan fingerprint density at radius 3 is 2.05 bits per heavy atom. The molecule has 224 valence electrons. The Morgan fingerprint density at radius 1 is 0.791 bits per heavy atom. The van der Waals surface area contributed by atoms with Crippen molar-refractivity contribution >= 4 is 62.3 Å². The third-order valence-corrected chi connectivity index (χ3v) is 9.68. The van der Waals surface area contributed by atoms with Gasteiger partial charge in [-0.3, -0.25) is 13.9 Å². The van der Waals surface area contributed by atoms with Gasteiger partial charge >= 0.3 is 0 Å². The van der Waals surface area contributed by atoms with Gasteiger partial charge in [-0.15, -0.1) is 0 Å². The van der Waals surface area contributed by atoms with Gasteiger partial charge in [0, 0.05) is 24.5 Å². The smallest absolute Gasteiger partial charge is 0.264 e. The van der Waals surface area contributed by atoms with Gasteiger partial charge in [0.25, 0.3) is 10.0 Å². The summed E-state index contributed by atoms with van der Waals surface area (Å²) in [6.07, 6.45) is 0.187. The van der Waals surface area contributed by atoms with Crippen molar-refractivity contribution in [3.8, 4) is 0 Å². The second-order valence-electron chi connectivity index (χ2n) is 9.61. The molecule has 0 saturated heterocycles. The number of anilines is 1. The molecule has 0 unspecified atom stereocenters. The number of hydrogen-bond acceptors (Lipinski definition) is 4. The first kappa shape index (κ1) is 32.4. The van der Waals surface area contributed by atoms with Gasteiger partial charge in [-0.2, -0.15) is 0 Å². The van der Waals surface area contributed by atoms with Crippen LogP contribution in [-0.4, -0.2) is 44.3 Å². The minimum Gasteiger partial charge on any atom is -0.355 e. The summed E-state index contributed by atoms with van der Waals surface area (Å²) in [6, 6.07) is 27.6. The van der Waals surface area contributed by atoms with Crippen LogP contribution in [0.2, 0.25) is 15.1 Å². The Hall–Kier alpha value is -3.56. The summed E-state index contributed by atoms with van der Waals surface area (Å²) in [5.41, 5.74) is 1.45. The fraction of sp³-hybridized carbons (Fsp3) is 0.188. The van der Waals surface area contributed by atoms with Crippen molar-refractivity contribution < 1.29 is 18.0 Å². The summed E-state index contributed by atoms with van der Waals surface area (Å²) in [7, 11) is -4.30. The van der Waals surface area contributed by atoms with Crippen molar-refractivity contribution in [2.45, 2.75) is 30.8 Å². The number of benzene rings is 4. The van der Waals surface area contributed by atoms with Gasteiger partial charge in [0.2, 0.25) is 11.8 Å². The zero-order chi connectivity index (χ0) is 31.0. The predicted molar refractivity (Wildman–Crippen MR) is 172 cm³/mol. The molecular weight excluding hydrogens is 629 g/mol. The number of nitrogens with one attached hydrogen (secondary N) is 1. The highest BCUT2D eigenvalue weighted by molar-refractivity contribution is 7.92. The first-order chi connectivity index (χ1) is 20.6. The van der Waals surface area contributed by atoms with E-state index in [2.05, 4.69) is 5.32 Å². The zero-order valence-corrected chi connectivity index (χ0v) is 26.4. The van der Waals surface area contributed by atoms with Gasteiger partial charge in [0.1, 0.15) is 12.6 Å². The van der Waals surface area contributed by atoms with Crippen LogP contribution in [0.3, 0.4) is 0 Å². The first-order valence-electron chi connectivity index (χ1n) is 13.5. The number of rotatable bonds is 12. The molecule has 0 aliphatic heterocycles. The van der Waals surface area contributed by atoms with E-state index in [1.165, 1.54) is 29.2 Å². The minimum atomic E-state index is -4.30. The lowest BCUT2D eigenvalue weighted by Gasteiger charge is -2.34. The lowest BCUT2D eigenvalue weighted by molar-refractivity contribution is -0.140. The second kappa shape index (κ2) is 14.8. The fourth-order valence-electron chi connectivity index (χ4n) is 4.57. The summed E-state index contributed by atoms with van der Waals surface area (Å²) in [4.78, 5) is 29.2. The normalized spacial score (nSPS) is 11.9. The van der Waals surface area contributed by atoms with E-state index in [0.29, 0.717) is 17.1 Å². The van der Waals surface area contributed by atoms with Crippen LogP contribution in [0.25, 0.3) is 0 Å². The lowest BCUT2D eigenvalue weighted by atomic mass is 10.0. The highest BCUT2D eigenvalue weighted by Gasteiger charge is 2.35. The molecular formula is C32H30Cl3N3O4S. The van der Waals surface area contributed by atoms with Gasteiger partial charge in [-0.1, -0.05) is 108 Å². The topological polar surface area (TPSA) is 86.8 Å². The number of amides is 2. The Labute approximate surface area is 267 Å². The van der Waals surface area contributed by atoms with Crippen molar-refractivity contribution in [2.24, 2.45) is 0 Å². The molecule has 4 rings (SSSR count). The number of carbonyl (C=O) groups is 2. The number of sulfonamides is 1. The number of likely N-dealkylation sites (N-methyl/N-ethyl adjacent to an activating group) is 1. The van der Waals surface area contributed by atoms with Crippen molar-refractivity contribution in [3.05, 3.63) is 129 Å². The predicted octanol–water partition coefficient (Wildman–Crippen LogP) is 6.62. The maximum atomic E-state index is 14.4. The summed E-state index contributed by atoms with van der Waals surface area (Å²) >= 11 is 19.3. The van der Waals surface area contributed by atoms with Gasteiger partial charge in [-0.05, 0) is 48.4 Å². The molecule has 7 nitrogen and oxygen atoms in total. The Balaban J connectivity index is 1.83. The van der Waals surface area contributed by atoms with Gasteiger partial charge in [-0.25, -0.2) is 8.42 Å². The molecule has 0 heterocycles. The second-order valence-corrected chi connectivity index (χ2v) is 12.7. The molecule has 0 aliphatic rings. The minimum absolute atomic E-state index is 0.0290. The molecule has 4 aromatic rings. The van der Waals surface area contributed by atoms with E-state index in [1.807, 2.05) is 30.3 Å². The first-order valence-corrected chi connectivity index (χ1v) is 16.1. The lowest BCUT2D eigenvalue weighted by Crippen LogP contribution is -2.53. The summed E-state index contributed by atoms with van der Waals surface area (Å²) in [5, 5.41) is 3.32. The van der Waals surface area contributed by atoms with Gasteiger partial charge in [0.05, 0.1) is 20.6 Å². The van der Waals surface area contributed by atoms with E-state index < -0.39 is 28.5 Å². The van der Waals surface area contributed by atoms with Crippen molar-refractivity contribution in [1.82, 2.24) is 10.2 Å². The van der Waals surface area contributed by atoms with Gasteiger partial charge < -0.3 is 10.2 Å². The van der Waals surface area contributed by atoms with Crippen LogP contribution in [0, 0.1) is 0 Å². The van der Waals surface area contributed by atoms with Gasteiger partial charge in [0.15, 0.2) is 0 Å². The standard InChI is InChI=1S/C32H30Cl3N3O4S/c1-2-36-32(40)29(20-23-12-5-3-6-13-23)37(21-24-14-9-10-17-26(24)33)30(39)22-38(28-19-11-18-27(34)31(28)35)43(41,42)25-15-7-4-8-16-25/h3-19,29H,2,20-22H2,1H3,(H,36,40)/t29-/m1/s1. The quantitative estimate of drug-likeness (QED) is 0.185. The van der Waals surface area contributed by atoms with Crippen LogP contribution in [0.5, 0.6) is 0 Å². The maximum absolute atomic E-state index is 14.4. The number of carbonyl (C=O) groups excluding carboxylic acids is 2. The van der Waals surface area contributed by atoms with E-state index in [-0.39, 0.29) is 39.5 Å². The van der Waals surface area contributed by atoms with Crippen LogP contribution < -0.4 is 9.62 Å². The van der Waals surface area contributed by atoms with Crippen LogP contribution in [0.1, 0.15) is 18.1 Å². The van der Waals surface area contributed by atoms with E-state index in [4.69, 9.17) is 34.8 Å². The molecule has 0 fully saturated rings. The molecule has 0 aliphatic carbocycles. The number of halogens is 3. The average Bonchev–Trinajstić information content (AvgIpc) is 3.01. The molecule has 11 heteroatoms. The Bertz CT molecular complexity index is 1670. The van der Waals surface area contributed by atoms with E-state index in [9.17, 15) is 18.0 Å². The molecule has 43 heavy (non-hydrogen) atoms. The van der Waals surface area contributed by atoms with Crippen LogP contribution in [0.4, 0.5) is 5.69 Å². The molecule has 1 atom stereocenters. The third-order valence-electron chi connectivity index (χ3n) is 6.73. The summed E-state index contributed by atoms with van der Waals surface area (Å²) < 4.78 is 29.0. The SMILES string of the molecule is CCNC(=O)[C@@H](Cc1ccccc1)N(Cc1ccccc1Cl)C(=O)CN(c1cccc(Cl)c1Cl)S(=O)(=O)c1ccccc1. The maximum Gasteiger partial charge on any atom is 0.264 e. The van der Waals surface area contributed by atoms with E-state index >= 15 is 0 Å². The largest absolute Gasteiger partial charge is 0.355 e. The van der Waals surface area contributed by atoms with Crippen molar-refractivity contribution in [2.75, 3.05) is 17.4 Å². The van der Waals surface area contributed by atoms with E-state index in [1.54, 1.807) is 55.5 Å². The van der Waals surface area contributed by atoms with Crippen molar-refractivity contribution in [1.29, 1.82) is 0 Å². The summed E-state index contributed by atoms with van der Waals surface area (Å²) in [5.74, 6) is -1.02. The molecule has 0 saturated carbocycles. The molecule has 0 spiro atoms. The average molecular weight is 659 g/mol. The molecule has 2 amide bonds. The van der Waals surface area contributed by atoms with Crippen LogP contribution >= 0.6 is 34.8 Å². The third kappa shape index (κ3) is 7.89. The monoisotopic (exact) mass is 657 g/mol. The Kier molecular flexibility index (Phi) is 11.1. The zero-order valence-electron chi connectivity index (χ0n) is 23.3. The van der Waals surface area contributed by atoms with Crippen LogP contribution in [0.15, 0.2) is 108 Å². The fourth-order valence-corrected chi connectivity index (χ4v) is 6.66. The number of hydrogen-bond donors (Lipinski definition) is 1. The molecule has 4 aromatic carbocycles. The molecule has 1 N–H and O–H groups in total.